The molecule has 0 aromatic carbocycles. The summed E-state index contributed by atoms with van der Waals surface area (Å²) in [5.74, 6) is 0. The Morgan fingerprint density at radius 2 is 2.05 bits per heavy atom. The van der Waals surface area contributed by atoms with Crippen LogP contribution in [0.4, 0.5) is 0 Å². The van der Waals surface area contributed by atoms with E-state index in [1.165, 1.54) is 17.8 Å². The second kappa shape index (κ2) is 6.97. The normalized spacial score (nSPS) is 20.5. The van der Waals surface area contributed by atoms with E-state index in [2.05, 4.69) is 38.3 Å². The van der Waals surface area contributed by atoms with Gasteiger partial charge in [0.1, 0.15) is 0 Å². The molecule has 1 aliphatic rings. The van der Waals surface area contributed by atoms with Crippen molar-refractivity contribution in [3.05, 3.63) is 23.0 Å². The first kappa shape index (κ1) is 16.6. The molecule has 0 spiro atoms. The number of hydrogen-bond acceptors (Lipinski definition) is 2. The van der Waals surface area contributed by atoms with Crippen molar-refractivity contribution in [1.29, 1.82) is 0 Å². The van der Waals surface area contributed by atoms with E-state index in [9.17, 15) is 5.11 Å². The molecule has 0 amide bonds. The molecule has 3 nitrogen and oxygen atoms in total. The molecule has 0 radical (unpaired) electrons. The van der Waals surface area contributed by atoms with Crippen LogP contribution in [0.1, 0.15) is 69.5 Å². The van der Waals surface area contributed by atoms with Crippen LogP contribution in [0.25, 0.3) is 0 Å². The van der Waals surface area contributed by atoms with Crippen LogP contribution in [0.5, 0.6) is 0 Å². The van der Waals surface area contributed by atoms with Crippen LogP contribution in [-0.2, 0) is 17.7 Å². The number of ether oxygens (including phenoxy) is 1. The Labute approximate surface area is 129 Å². The van der Waals surface area contributed by atoms with Crippen molar-refractivity contribution < 1.29 is 9.84 Å². The van der Waals surface area contributed by atoms with Crippen LogP contribution >= 0.6 is 0 Å². The number of rotatable bonds is 7. The molecule has 21 heavy (non-hydrogen) atoms. The van der Waals surface area contributed by atoms with E-state index >= 15 is 0 Å². The molecule has 0 aliphatic heterocycles. The first-order chi connectivity index (χ1) is 9.94. The van der Waals surface area contributed by atoms with Gasteiger partial charge in [0.15, 0.2) is 0 Å². The Balaban J connectivity index is 1.98. The predicted octanol–water partition coefficient (Wildman–Crippen LogP) is 4.01. The second-order valence-corrected chi connectivity index (χ2v) is 7.22. The molecule has 1 N–H and O–H groups in total. The third-order valence-electron chi connectivity index (χ3n) is 4.51. The molecule has 0 fully saturated rings. The number of aliphatic hydroxyl groups excluding tert-OH is 1. The summed E-state index contributed by atoms with van der Waals surface area (Å²) in [6, 6.07) is 2.17. The lowest BCUT2D eigenvalue weighted by Crippen LogP contribution is -2.27. The van der Waals surface area contributed by atoms with Gasteiger partial charge in [-0.05, 0) is 44.1 Å². The standard InChI is InChI=1S/C18H31NO2/c1-5-6-9-21-10-7-8-19-14(2)11-15-16(19)12-18(3,4)13-17(15)20/h11,17,20H,5-10,12-13H2,1-4H3. The Bertz CT molecular complexity index is 462. The number of fused-ring (bicyclic) bond motifs is 1. The molecule has 3 heteroatoms. The maximum absolute atomic E-state index is 10.4. The highest BCUT2D eigenvalue weighted by atomic mass is 16.5. The average molecular weight is 293 g/mol. The topological polar surface area (TPSA) is 34.4 Å². The first-order valence-corrected chi connectivity index (χ1v) is 8.39. The molecular weight excluding hydrogens is 262 g/mol. The van der Waals surface area contributed by atoms with Gasteiger partial charge >= 0.3 is 0 Å². The minimum atomic E-state index is -0.301. The van der Waals surface area contributed by atoms with Crippen LogP contribution in [0.15, 0.2) is 6.07 Å². The fourth-order valence-corrected chi connectivity index (χ4v) is 3.38. The number of hydrogen-bond donors (Lipinski definition) is 1. The number of nitrogens with zero attached hydrogens (tertiary/aromatic N) is 1. The summed E-state index contributed by atoms with van der Waals surface area (Å²) in [7, 11) is 0. The minimum absolute atomic E-state index is 0.187. The quantitative estimate of drug-likeness (QED) is 0.771. The smallest absolute Gasteiger partial charge is 0.0812 e. The van der Waals surface area contributed by atoms with Gasteiger partial charge < -0.3 is 14.4 Å². The zero-order valence-corrected chi connectivity index (χ0v) is 14.1. The van der Waals surface area contributed by atoms with E-state index < -0.39 is 0 Å². The molecule has 1 aromatic rings. The zero-order valence-electron chi connectivity index (χ0n) is 14.1. The summed E-state index contributed by atoms with van der Waals surface area (Å²) in [5, 5.41) is 10.4. The number of aryl methyl sites for hydroxylation is 1. The Morgan fingerprint density at radius 1 is 1.33 bits per heavy atom. The maximum Gasteiger partial charge on any atom is 0.0812 e. The van der Waals surface area contributed by atoms with Crippen molar-refractivity contribution >= 4 is 0 Å². The minimum Gasteiger partial charge on any atom is -0.388 e. The van der Waals surface area contributed by atoms with Crippen molar-refractivity contribution in [3.63, 3.8) is 0 Å². The molecule has 0 saturated carbocycles. The monoisotopic (exact) mass is 293 g/mol. The van der Waals surface area contributed by atoms with E-state index in [-0.39, 0.29) is 11.5 Å². The second-order valence-electron chi connectivity index (χ2n) is 7.22. The van der Waals surface area contributed by atoms with Crippen LogP contribution in [-0.4, -0.2) is 22.9 Å². The van der Waals surface area contributed by atoms with Crippen molar-refractivity contribution in [2.24, 2.45) is 5.41 Å². The molecule has 120 valence electrons. The van der Waals surface area contributed by atoms with Crippen molar-refractivity contribution in [2.45, 2.75) is 72.4 Å². The highest BCUT2D eigenvalue weighted by Crippen LogP contribution is 2.41. The van der Waals surface area contributed by atoms with Crippen LogP contribution < -0.4 is 0 Å². The van der Waals surface area contributed by atoms with Gasteiger partial charge in [0.05, 0.1) is 6.10 Å². The fraction of sp³-hybridized carbons (Fsp3) is 0.778. The summed E-state index contributed by atoms with van der Waals surface area (Å²) in [6.07, 6.45) is 5.01. The predicted molar refractivity (Wildman–Crippen MR) is 86.6 cm³/mol. The van der Waals surface area contributed by atoms with Gasteiger partial charge in [-0.15, -0.1) is 0 Å². The summed E-state index contributed by atoms with van der Waals surface area (Å²) < 4.78 is 8.05. The van der Waals surface area contributed by atoms with Gasteiger partial charge in [-0.1, -0.05) is 27.2 Å². The molecule has 1 aromatic heterocycles. The first-order valence-electron chi connectivity index (χ1n) is 8.39. The fourth-order valence-electron chi connectivity index (χ4n) is 3.38. The molecule has 0 saturated heterocycles. The third kappa shape index (κ3) is 4.10. The van der Waals surface area contributed by atoms with Crippen LogP contribution in [0.3, 0.4) is 0 Å². The van der Waals surface area contributed by atoms with Gasteiger partial charge in [-0.2, -0.15) is 0 Å². The van der Waals surface area contributed by atoms with E-state index in [0.29, 0.717) is 0 Å². The molecule has 1 aliphatic carbocycles. The third-order valence-corrected chi connectivity index (χ3v) is 4.51. The number of unbranched alkanes of at least 4 members (excludes halogenated alkanes) is 1. The number of aliphatic hydroxyl groups is 1. The lowest BCUT2D eigenvalue weighted by Gasteiger charge is -2.34. The molecule has 1 atom stereocenters. The molecule has 2 rings (SSSR count). The SMILES string of the molecule is CCCCOCCCn1c(C)cc2c1CC(C)(C)CC2O. The van der Waals surface area contributed by atoms with E-state index in [4.69, 9.17) is 4.74 Å². The summed E-state index contributed by atoms with van der Waals surface area (Å²) in [5.41, 5.74) is 3.95. The van der Waals surface area contributed by atoms with Crippen molar-refractivity contribution in [1.82, 2.24) is 4.57 Å². The maximum atomic E-state index is 10.4. The summed E-state index contributed by atoms with van der Waals surface area (Å²) in [4.78, 5) is 0. The Morgan fingerprint density at radius 3 is 2.76 bits per heavy atom. The summed E-state index contributed by atoms with van der Waals surface area (Å²) >= 11 is 0. The molecule has 0 bridgehead atoms. The largest absolute Gasteiger partial charge is 0.388 e. The average Bonchev–Trinajstić information content (AvgIpc) is 2.69. The molecule has 1 unspecified atom stereocenters. The van der Waals surface area contributed by atoms with E-state index in [1.807, 2.05) is 0 Å². The molecular formula is C18H31NO2. The van der Waals surface area contributed by atoms with Gasteiger partial charge in [-0.3, -0.25) is 0 Å². The Hall–Kier alpha value is -0.800. The van der Waals surface area contributed by atoms with Crippen molar-refractivity contribution in [2.75, 3.05) is 13.2 Å². The lowest BCUT2D eigenvalue weighted by atomic mass is 9.75. The zero-order chi connectivity index (χ0) is 15.5. The molecule has 1 heterocycles. The van der Waals surface area contributed by atoms with E-state index in [1.54, 1.807) is 0 Å². The summed E-state index contributed by atoms with van der Waals surface area (Å²) in [6.45, 7) is 11.5. The van der Waals surface area contributed by atoms with E-state index in [0.717, 1.165) is 51.0 Å². The highest BCUT2D eigenvalue weighted by molar-refractivity contribution is 5.33. The van der Waals surface area contributed by atoms with Gasteiger partial charge in [0.2, 0.25) is 0 Å². The number of aromatic nitrogens is 1. The Kier molecular flexibility index (Phi) is 5.50. The lowest BCUT2D eigenvalue weighted by molar-refractivity contribution is 0.0972. The van der Waals surface area contributed by atoms with Gasteiger partial charge in [0, 0.05) is 36.7 Å². The van der Waals surface area contributed by atoms with Crippen molar-refractivity contribution in [3.8, 4) is 0 Å². The van der Waals surface area contributed by atoms with Gasteiger partial charge in [-0.25, -0.2) is 0 Å². The van der Waals surface area contributed by atoms with Crippen LogP contribution in [0, 0.1) is 12.3 Å². The highest BCUT2D eigenvalue weighted by Gasteiger charge is 2.33. The van der Waals surface area contributed by atoms with Gasteiger partial charge in [0.25, 0.3) is 0 Å². The van der Waals surface area contributed by atoms with Crippen LogP contribution in [0.2, 0.25) is 0 Å².